The zero-order valence-corrected chi connectivity index (χ0v) is 8.15. The molecule has 0 aliphatic rings. The minimum atomic E-state index is 0.731. The molecule has 0 atom stereocenters. The smallest absolute Gasteiger partial charge is 0.0355 e. The monoisotopic (exact) mass is 129 g/mol. The molecule has 0 saturated heterocycles. The zero-order valence-electron chi connectivity index (χ0n) is 6.15. The molecule has 0 bridgehead atoms. The molecule has 0 rings (SSSR count). The topological polar surface area (TPSA) is 12.0 Å². The van der Waals surface area contributed by atoms with Crippen molar-refractivity contribution in [2.75, 3.05) is 7.05 Å². The Balaban J connectivity index is 3.61. The quantitative estimate of drug-likeness (QED) is 0.520. The number of rotatable bonds is 2. The maximum Gasteiger partial charge on any atom is 0.0355 e. The Morgan fingerprint density at radius 2 is 2.12 bits per heavy atom. The molecular weight excluding hydrogens is 114 g/mol. The van der Waals surface area contributed by atoms with Crippen LogP contribution in [0.4, 0.5) is 0 Å². The molecule has 0 amide bonds. The summed E-state index contributed by atoms with van der Waals surface area (Å²) in [5.74, 6) is 0.731. The van der Waals surface area contributed by atoms with E-state index in [-0.39, 0.29) is 0 Å². The highest BCUT2D eigenvalue weighted by Crippen LogP contribution is 2.01. The van der Waals surface area contributed by atoms with Gasteiger partial charge in [0.2, 0.25) is 0 Å². The van der Waals surface area contributed by atoms with E-state index in [4.69, 9.17) is 0 Å². The van der Waals surface area contributed by atoms with Gasteiger partial charge in [-0.15, -0.1) is 0 Å². The molecule has 0 aromatic heterocycles. The van der Waals surface area contributed by atoms with E-state index in [1.54, 1.807) is 0 Å². The molecule has 0 spiro atoms. The van der Waals surface area contributed by atoms with Crippen molar-refractivity contribution in [1.29, 1.82) is 0 Å². The Labute approximate surface area is 54.6 Å². The summed E-state index contributed by atoms with van der Waals surface area (Å²) in [7, 11) is 3.13. The summed E-state index contributed by atoms with van der Waals surface area (Å²) in [5, 5.41) is 4.56. The number of nitrogens with one attached hydrogen (secondary N) is 1. The third-order valence-corrected chi connectivity index (χ3v) is 2.73. The molecule has 0 aliphatic carbocycles. The second kappa shape index (κ2) is 3.72. The molecule has 8 heavy (non-hydrogen) atoms. The predicted molar refractivity (Wildman–Crippen MR) is 41.9 cm³/mol. The summed E-state index contributed by atoms with van der Waals surface area (Å²) in [6, 6.07) is 0. The summed E-state index contributed by atoms with van der Waals surface area (Å²) >= 11 is 0. The summed E-state index contributed by atoms with van der Waals surface area (Å²) in [4.78, 5) is 0. The average Bonchev–Trinajstić information content (AvgIpc) is 1.67. The van der Waals surface area contributed by atoms with Crippen LogP contribution in [0.5, 0.6) is 0 Å². The van der Waals surface area contributed by atoms with Crippen molar-refractivity contribution in [2.45, 2.75) is 13.8 Å². The maximum atomic E-state index is 3.02. The van der Waals surface area contributed by atoms with E-state index < -0.39 is 0 Å². The van der Waals surface area contributed by atoms with Gasteiger partial charge in [-0.2, -0.15) is 0 Å². The van der Waals surface area contributed by atoms with Crippen LogP contribution in [0, 0.1) is 5.92 Å². The summed E-state index contributed by atoms with van der Waals surface area (Å²) in [6.07, 6.45) is 2.09. The maximum absolute atomic E-state index is 3.02. The normalized spacial score (nSPS) is 12.8. The largest absolute Gasteiger partial charge is 0.394 e. The van der Waals surface area contributed by atoms with Crippen LogP contribution in [0.25, 0.3) is 0 Å². The van der Waals surface area contributed by atoms with Gasteiger partial charge in [0.1, 0.15) is 0 Å². The van der Waals surface area contributed by atoms with Crippen molar-refractivity contribution in [1.82, 2.24) is 5.32 Å². The van der Waals surface area contributed by atoms with Gasteiger partial charge in [0, 0.05) is 17.3 Å². The van der Waals surface area contributed by atoms with Gasteiger partial charge in [-0.3, -0.25) is 0 Å². The Morgan fingerprint density at radius 3 is 2.25 bits per heavy atom. The molecular formula is C6H15NSi. The van der Waals surface area contributed by atoms with E-state index >= 15 is 0 Å². The molecule has 0 aromatic rings. The molecule has 0 saturated carbocycles. The lowest BCUT2D eigenvalue weighted by atomic mass is 10.2. The first-order valence-corrected chi connectivity index (χ1v) is 4.02. The fourth-order valence-corrected chi connectivity index (χ4v) is 0.683. The number of hydrogen-bond acceptors (Lipinski definition) is 1. The molecule has 0 fully saturated rings. The van der Waals surface area contributed by atoms with E-state index in [9.17, 15) is 0 Å². The molecule has 1 N–H and O–H groups in total. The first-order chi connectivity index (χ1) is 3.68. The average molecular weight is 129 g/mol. The Morgan fingerprint density at radius 1 is 1.62 bits per heavy atom. The van der Waals surface area contributed by atoms with E-state index in [1.165, 1.54) is 15.4 Å². The predicted octanol–water partition coefficient (Wildman–Crippen LogP) is 0.0686. The van der Waals surface area contributed by atoms with Crippen LogP contribution in [0.2, 0.25) is 0 Å². The van der Waals surface area contributed by atoms with Gasteiger partial charge in [-0.1, -0.05) is 19.0 Å². The second-order valence-electron chi connectivity index (χ2n) is 2.33. The number of allylic oxidation sites excluding steroid dienone is 1. The molecule has 0 aromatic carbocycles. The molecule has 0 heterocycles. The highest BCUT2D eigenvalue weighted by molar-refractivity contribution is 6.21. The SMILES string of the molecule is CNC=C([SiH3])C(C)C. The van der Waals surface area contributed by atoms with Crippen molar-refractivity contribution in [2.24, 2.45) is 5.92 Å². The van der Waals surface area contributed by atoms with Gasteiger partial charge in [-0.25, -0.2) is 0 Å². The van der Waals surface area contributed by atoms with Crippen LogP contribution in [-0.4, -0.2) is 17.3 Å². The van der Waals surface area contributed by atoms with Crippen LogP contribution in [-0.2, 0) is 0 Å². The molecule has 0 aliphatic heterocycles. The molecule has 0 unspecified atom stereocenters. The Hall–Kier alpha value is -0.243. The highest BCUT2D eigenvalue weighted by atomic mass is 28.1. The van der Waals surface area contributed by atoms with E-state index in [2.05, 4.69) is 25.4 Å². The molecule has 1 nitrogen and oxygen atoms in total. The highest BCUT2D eigenvalue weighted by Gasteiger charge is 1.91. The molecule has 2 heteroatoms. The number of hydrogen-bond donors (Lipinski definition) is 1. The standard InChI is InChI=1S/C6H15NSi/c1-5(2)6(8)4-7-3/h4-5,7H,1-3,8H3. The van der Waals surface area contributed by atoms with Crippen molar-refractivity contribution >= 4 is 10.2 Å². The van der Waals surface area contributed by atoms with Gasteiger partial charge >= 0.3 is 0 Å². The first-order valence-electron chi connectivity index (χ1n) is 3.02. The lowest BCUT2D eigenvalue weighted by molar-refractivity contribution is 0.802. The van der Waals surface area contributed by atoms with Crippen molar-refractivity contribution in [3.05, 3.63) is 11.4 Å². The van der Waals surface area contributed by atoms with Crippen LogP contribution < -0.4 is 5.32 Å². The Kier molecular flexibility index (Phi) is 3.61. The zero-order chi connectivity index (χ0) is 6.57. The van der Waals surface area contributed by atoms with E-state index in [0.717, 1.165) is 5.92 Å². The van der Waals surface area contributed by atoms with Gasteiger partial charge < -0.3 is 5.32 Å². The van der Waals surface area contributed by atoms with Gasteiger partial charge in [-0.05, 0) is 12.1 Å². The first kappa shape index (κ1) is 7.76. The second-order valence-corrected chi connectivity index (χ2v) is 3.49. The van der Waals surface area contributed by atoms with Gasteiger partial charge in [0.25, 0.3) is 0 Å². The van der Waals surface area contributed by atoms with Crippen molar-refractivity contribution in [3.63, 3.8) is 0 Å². The van der Waals surface area contributed by atoms with Gasteiger partial charge in [0.15, 0.2) is 0 Å². The summed E-state index contributed by atoms with van der Waals surface area (Å²) in [5.41, 5.74) is 0. The molecule has 0 radical (unpaired) electrons. The minimum Gasteiger partial charge on any atom is -0.394 e. The Bertz CT molecular complexity index is 86.5. The molecule has 48 valence electrons. The fourth-order valence-electron chi connectivity index (χ4n) is 0.394. The summed E-state index contributed by atoms with van der Waals surface area (Å²) < 4.78 is 0. The summed E-state index contributed by atoms with van der Waals surface area (Å²) in [6.45, 7) is 4.44. The van der Waals surface area contributed by atoms with Crippen molar-refractivity contribution < 1.29 is 0 Å². The lowest BCUT2D eigenvalue weighted by Crippen LogP contribution is -2.00. The lowest BCUT2D eigenvalue weighted by Gasteiger charge is -2.02. The third kappa shape index (κ3) is 2.85. The third-order valence-electron chi connectivity index (χ3n) is 1.28. The van der Waals surface area contributed by atoms with E-state index in [1.807, 2.05) is 7.05 Å². The van der Waals surface area contributed by atoms with Gasteiger partial charge in [0.05, 0.1) is 0 Å². The van der Waals surface area contributed by atoms with E-state index in [0.29, 0.717) is 0 Å². The van der Waals surface area contributed by atoms with Crippen molar-refractivity contribution in [3.8, 4) is 0 Å². The van der Waals surface area contributed by atoms with Crippen LogP contribution >= 0.6 is 0 Å². The fraction of sp³-hybridized carbons (Fsp3) is 0.667. The van der Waals surface area contributed by atoms with Crippen LogP contribution in [0.1, 0.15) is 13.8 Å². The van der Waals surface area contributed by atoms with Crippen LogP contribution in [0.3, 0.4) is 0 Å². The minimum absolute atomic E-state index is 0.731. The van der Waals surface area contributed by atoms with Crippen LogP contribution in [0.15, 0.2) is 11.4 Å².